The first-order valence-corrected chi connectivity index (χ1v) is 11.6. The molecule has 0 saturated carbocycles. The monoisotopic (exact) mass is 491 g/mol. The standard InChI is InChI=1S/C26H37NO8/c1-25(31-5)26(2,32-6)35-24-21(14-11-19(17-29-3)23(24)34-25)22(8-7-15-27-28)33-16-18-9-12-20(30-4)13-10-18/h7-15,19,21-24,28H,16-17H2,1-6H3/b8-7-,27-15+/t19-,21-,22-,23+,24+,25-,26-/m0/s1. The zero-order valence-corrected chi connectivity index (χ0v) is 21.2. The second-order valence-electron chi connectivity index (χ2n) is 8.82. The highest BCUT2D eigenvalue weighted by Crippen LogP contribution is 2.46. The summed E-state index contributed by atoms with van der Waals surface area (Å²) in [6.07, 6.45) is 7.70. The molecule has 1 aliphatic carbocycles. The van der Waals surface area contributed by atoms with Crippen molar-refractivity contribution in [1.82, 2.24) is 0 Å². The normalized spacial score (nSPS) is 33.8. The molecule has 7 atom stereocenters. The highest BCUT2D eigenvalue weighted by atomic mass is 16.8. The molecule has 1 aliphatic heterocycles. The molecular formula is C26H37NO8. The van der Waals surface area contributed by atoms with Crippen molar-refractivity contribution >= 4 is 6.21 Å². The lowest BCUT2D eigenvalue weighted by atomic mass is 9.79. The van der Waals surface area contributed by atoms with Gasteiger partial charge in [0.2, 0.25) is 11.6 Å². The average Bonchev–Trinajstić information content (AvgIpc) is 2.88. The molecule has 1 aromatic carbocycles. The Morgan fingerprint density at radius 2 is 1.66 bits per heavy atom. The summed E-state index contributed by atoms with van der Waals surface area (Å²) >= 11 is 0. The van der Waals surface area contributed by atoms with E-state index in [2.05, 4.69) is 17.3 Å². The van der Waals surface area contributed by atoms with E-state index in [4.69, 9.17) is 38.4 Å². The van der Waals surface area contributed by atoms with Crippen molar-refractivity contribution in [2.24, 2.45) is 17.0 Å². The fraction of sp³-hybridized carbons (Fsp3) is 0.577. The summed E-state index contributed by atoms with van der Waals surface area (Å²) in [6, 6.07) is 7.69. The van der Waals surface area contributed by atoms with E-state index in [1.54, 1.807) is 48.4 Å². The van der Waals surface area contributed by atoms with Gasteiger partial charge in [0.05, 0.1) is 44.9 Å². The quantitative estimate of drug-likeness (QED) is 0.217. The second kappa shape index (κ2) is 12.1. The summed E-state index contributed by atoms with van der Waals surface area (Å²) in [6.45, 7) is 4.42. The molecule has 9 heteroatoms. The highest BCUT2D eigenvalue weighted by Gasteiger charge is 2.60. The van der Waals surface area contributed by atoms with Gasteiger partial charge in [-0.05, 0) is 37.6 Å². The van der Waals surface area contributed by atoms with Crippen molar-refractivity contribution in [2.75, 3.05) is 35.0 Å². The zero-order chi connectivity index (χ0) is 25.5. The van der Waals surface area contributed by atoms with Crippen LogP contribution in [-0.2, 0) is 35.0 Å². The van der Waals surface area contributed by atoms with Gasteiger partial charge in [0.25, 0.3) is 0 Å². The number of hydrogen-bond donors (Lipinski definition) is 1. The Kier molecular flexibility index (Phi) is 9.46. The number of hydrogen-bond acceptors (Lipinski definition) is 9. The van der Waals surface area contributed by atoms with Crippen LogP contribution >= 0.6 is 0 Å². The predicted molar refractivity (Wildman–Crippen MR) is 130 cm³/mol. The molecule has 1 saturated heterocycles. The van der Waals surface area contributed by atoms with Gasteiger partial charge in [0, 0.05) is 33.2 Å². The number of benzene rings is 1. The van der Waals surface area contributed by atoms with Crippen molar-refractivity contribution in [1.29, 1.82) is 0 Å². The van der Waals surface area contributed by atoms with Gasteiger partial charge in [-0.1, -0.05) is 35.5 Å². The number of fused-ring (bicyclic) bond motifs is 1. The third-order valence-corrected chi connectivity index (χ3v) is 6.83. The fourth-order valence-corrected chi connectivity index (χ4v) is 4.50. The topological polar surface area (TPSA) is 97.2 Å². The largest absolute Gasteiger partial charge is 0.497 e. The number of oxime groups is 1. The van der Waals surface area contributed by atoms with E-state index in [0.29, 0.717) is 13.2 Å². The summed E-state index contributed by atoms with van der Waals surface area (Å²) in [4.78, 5) is 0. The number of nitrogens with zero attached hydrogens (tertiary/aromatic N) is 1. The predicted octanol–water partition coefficient (Wildman–Crippen LogP) is 3.55. The maximum atomic E-state index is 8.88. The molecule has 0 radical (unpaired) electrons. The van der Waals surface area contributed by atoms with Crippen LogP contribution in [0.1, 0.15) is 19.4 Å². The molecule has 0 amide bonds. The summed E-state index contributed by atoms with van der Waals surface area (Å²) in [7, 11) is 6.42. The first kappa shape index (κ1) is 27.3. The van der Waals surface area contributed by atoms with E-state index >= 15 is 0 Å². The van der Waals surface area contributed by atoms with E-state index in [0.717, 1.165) is 11.3 Å². The molecule has 1 heterocycles. The van der Waals surface area contributed by atoms with Crippen LogP contribution in [0.2, 0.25) is 0 Å². The number of methoxy groups -OCH3 is 4. The lowest BCUT2D eigenvalue weighted by Crippen LogP contribution is -2.68. The molecule has 35 heavy (non-hydrogen) atoms. The van der Waals surface area contributed by atoms with Crippen LogP contribution in [0.25, 0.3) is 0 Å². The van der Waals surface area contributed by atoms with Crippen LogP contribution in [0.4, 0.5) is 0 Å². The molecule has 1 aromatic rings. The Labute approximate surface area is 207 Å². The lowest BCUT2D eigenvalue weighted by Gasteiger charge is -2.56. The molecule has 1 N–H and O–H groups in total. The van der Waals surface area contributed by atoms with E-state index in [1.165, 1.54) is 6.21 Å². The van der Waals surface area contributed by atoms with Gasteiger partial charge < -0.3 is 38.4 Å². The molecule has 0 spiro atoms. The number of ether oxygens (including phenoxy) is 7. The van der Waals surface area contributed by atoms with Crippen LogP contribution in [0.15, 0.2) is 53.7 Å². The molecule has 3 rings (SSSR count). The van der Waals surface area contributed by atoms with E-state index < -0.39 is 23.8 Å². The van der Waals surface area contributed by atoms with Gasteiger partial charge >= 0.3 is 0 Å². The minimum absolute atomic E-state index is 0.0534. The van der Waals surface area contributed by atoms with Crippen molar-refractivity contribution in [2.45, 2.75) is 50.3 Å². The maximum absolute atomic E-state index is 8.88. The second-order valence-corrected chi connectivity index (χ2v) is 8.82. The third-order valence-electron chi connectivity index (χ3n) is 6.83. The fourth-order valence-electron chi connectivity index (χ4n) is 4.50. The molecule has 9 nitrogen and oxygen atoms in total. The Balaban J connectivity index is 1.91. The van der Waals surface area contributed by atoms with Crippen molar-refractivity contribution in [3.8, 4) is 5.75 Å². The molecule has 194 valence electrons. The lowest BCUT2D eigenvalue weighted by molar-refractivity contribution is -0.457. The summed E-state index contributed by atoms with van der Waals surface area (Å²) in [5.74, 6) is -1.81. The van der Waals surface area contributed by atoms with Gasteiger partial charge in [0.1, 0.15) is 5.75 Å². The van der Waals surface area contributed by atoms with Crippen LogP contribution in [0.3, 0.4) is 0 Å². The molecule has 0 aromatic heterocycles. The SMILES string of the molecule is COC[C@@H]1C=C[C@@H]([C@H](/C=C\C=N\O)OCc2ccc(OC)cc2)[C@H]2O[C@](C)(OC)[C@@](C)(OC)O[C@@H]21. The van der Waals surface area contributed by atoms with Crippen molar-refractivity contribution < 1.29 is 38.4 Å². The maximum Gasteiger partial charge on any atom is 0.220 e. The third kappa shape index (κ3) is 5.94. The molecule has 2 aliphatic rings. The Morgan fingerprint density at radius 3 is 2.23 bits per heavy atom. The first-order valence-electron chi connectivity index (χ1n) is 11.6. The number of rotatable bonds is 11. The minimum Gasteiger partial charge on any atom is -0.497 e. The molecular weight excluding hydrogens is 454 g/mol. The summed E-state index contributed by atoms with van der Waals surface area (Å²) in [5, 5.41) is 11.9. The van der Waals surface area contributed by atoms with Crippen LogP contribution in [0.5, 0.6) is 5.75 Å². The van der Waals surface area contributed by atoms with Gasteiger partial charge in [-0.2, -0.15) is 0 Å². The summed E-state index contributed by atoms with van der Waals surface area (Å²) < 4.78 is 41.6. The van der Waals surface area contributed by atoms with Gasteiger partial charge in [-0.25, -0.2) is 0 Å². The minimum atomic E-state index is -1.17. The first-order chi connectivity index (χ1) is 16.8. The van der Waals surface area contributed by atoms with Crippen LogP contribution in [-0.4, -0.2) is 76.4 Å². The van der Waals surface area contributed by atoms with Crippen LogP contribution in [0, 0.1) is 11.8 Å². The molecule has 0 bridgehead atoms. The van der Waals surface area contributed by atoms with Gasteiger partial charge in [-0.3, -0.25) is 0 Å². The Hall–Kier alpha value is -2.27. The van der Waals surface area contributed by atoms with E-state index in [1.807, 2.05) is 30.3 Å². The van der Waals surface area contributed by atoms with E-state index in [9.17, 15) is 0 Å². The van der Waals surface area contributed by atoms with E-state index in [-0.39, 0.29) is 17.9 Å². The zero-order valence-electron chi connectivity index (χ0n) is 21.2. The van der Waals surface area contributed by atoms with Crippen LogP contribution < -0.4 is 4.74 Å². The van der Waals surface area contributed by atoms with Gasteiger partial charge in [-0.15, -0.1) is 0 Å². The Bertz CT molecular complexity index is 888. The van der Waals surface area contributed by atoms with Crippen molar-refractivity contribution in [3.63, 3.8) is 0 Å². The Morgan fingerprint density at radius 1 is 1.00 bits per heavy atom. The average molecular weight is 492 g/mol. The highest BCUT2D eigenvalue weighted by molar-refractivity contribution is 5.70. The van der Waals surface area contributed by atoms with Gasteiger partial charge in [0.15, 0.2) is 0 Å². The smallest absolute Gasteiger partial charge is 0.220 e. The van der Waals surface area contributed by atoms with Crippen molar-refractivity contribution in [3.05, 3.63) is 54.1 Å². The molecule has 0 unspecified atom stereocenters. The molecule has 1 fully saturated rings. The summed E-state index contributed by atoms with van der Waals surface area (Å²) in [5.41, 5.74) is 0.989. The number of allylic oxidation sites excluding steroid dienone is 1.